The minimum absolute atomic E-state index is 0.0448. The highest BCUT2D eigenvalue weighted by Crippen LogP contribution is 2.18. The fourth-order valence-corrected chi connectivity index (χ4v) is 3.41. The van der Waals surface area contributed by atoms with Crippen molar-refractivity contribution in [2.75, 3.05) is 11.9 Å². The van der Waals surface area contributed by atoms with E-state index >= 15 is 0 Å². The molecule has 0 atom stereocenters. The van der Waals surface area contributed by atoms with E-state index in [-0.39, 0.29) is 12.1 Å². The summed E-state index contributed by atoms with van der Waals surface area (Å²) < 4.78 is 6.92. The molecule has 0 aliphatic carbocycles. The molecule has 6 nitrogen and oxygen atoms in total. The summed E-state index contributed by atoms with van der Waals surface area (Å²) in [4.78, 5) is 30.5. The molecular weight excluding hydrogens is 414 g/mol. The maximum absolute atomic E-state index is 13.2. The number of hydrogen-bond acceptors (Lipinski definition) is 4. The van der Waals surface area contributed by atoms with Gasteiger partial charge in [0, 0.05) is 22.3 Å². The van der Waals surface area contributed by atoms with E-state index in [0.29, 0.717) is 34.1 Å². The highest BCUT2D eigenvalue weighted by atomic mass is 35.5. The Morgan fingerprint density at radius 2 is 1.84 bits per heavy atom. The number of amides is 1. The van der Waals surface area contributed by atoms with Crippen LogP contribution in [0.5, 0.6) is 5.75 Å². The van der Waals surface area contributed by atoms with Gasteiger partial charge in [0.05, 0.1) is 13.2 Å². The van der Waals surface area contributed by atoms with E-state index in [9.17, 15) is 9.59 Å². The molecule has 0 saturated carbocycles. The monoisotopic (exact) mass is 433 g/mol. The van der Waals surface area contributed by atoms with Crippen molar-refractivity contribution in [3.63, 3.8) is 0 Å². The molecule has 2 aromatic heterocycles. The lowest BCUT2D eigenvalue weighted by atomic mass is 10.1. The zero-order valence-electron chi connectivity index (χ0n) is 16.8. The fraction of sp³-hybridized carbons (Fsp3) is 0.125. The molecule has 0 aliphatic heterocycles. The molecule has 7 heteroatoms. The van der Waals surface area contributed by atoms with Crippen molar-refractivity contribution >= 4 is 34.2 Å². The van der Waals surface area contributed by atoms with Crippen molar-refractivity contribution in [3.8, 4) is 5.75 Å². The summed E-state index contributed by atoms with van der Waals surface area (Å²) in [5.74, 6) is 0.229. The molecule has 0 spiro atoms. The van der Waals surface area contributed by atoms with Crippen LogP contribution in [-0.2, 0) is 6.54 Å². The van der Waals surface area contributed by atoms with E-state index in [2.05, 4.69) is 10.3 Å². The smallest absolute Gasteiger partial charge is 0.265 e. The lowest BCUT2D eigenvalue weighted by Gasteiger charge is -2.13. The Balaban J connectivity index is 1.70. The lowest BCUT2D eigenvalue weighted by molar-refractivity contribution is 0.102. The Labute approximate surface area is 184 Å². The first-order valence-electron chi connectivity index (χ1n) is 9.82. The molecule has 0 radical (unpaired) electrons. The number of anilines is 1. The zero-order valence-corrected chi connectivity index (χ0v) is 17.6. The number of carbonyl (C=O) groups is 1. The van der Waals surface area contributed by atoms with Crippen LogP contribution in [0.25, 0.3) is 11.0 Å². The van der Waals surface area contributed by atoms with Gasteiger partial charge in [0.25, 0.3) is 11.5 Å². The molecule has 31 heavy (non-hydrogen) atoms. The largest absolute Gasteiger partial charge is 0.494 e. The summed E-state index contributed by atoms with van der Waals surface area (Å²) in [7, 11) is 0. The molecule has 4 aromatic rings. The number of benzene rings is 2. The van der Waals surface area contributed by atoms with Crippen LogP contribution in [0.1, 0.15) is 22.8 Å². The van der Waals surface area contributed by atoms with Gasteiger partial charge in [-0.15, -0.1) is 0 Å². The molecule has 4 rings (SSSR count). The standard InChI is InChI=1S/C24H20ClN3O3/c1-2-31-20-11-9-19(10-12-20)27-23(29)21-14-17-4-3-13-26-22(17)28(24(21)30)15-16-5-7-18(25)8-6-16/h3-14H,2,15H2,1H3,(H,27,29). The maximum atomic E-state index is 13.2. The van der Waals surface area contributed by atoms with Crippen LogP contribution in [0.3, 0.4) is 0 Å². The van der Waals surface area contributed by atoms with Gasteiger partial charge in [0.1, 0.15) is 17.0 Å². The molecule has 0 saturated heterocycles. The average molecular weight is 434 g/mol. The number of aromatic nitrogens is 2. The predicted octanol–water partition coefficient (Wildman–Crippen LogP) is 4.75. The van der Waals surface area contributed by atoms with Gasteiger partial charge >= 0.3 is 0 Å². The Bertz CT molecular complexity index is 1280. The molecule has 0 unspecified atom stereocenters. The summed E-state index contributed by atoms with van der Waals surface area (Å²) >= 11 is 5.97. The molecule has 1 N–H and O–H groups in total. The van der Waals surface area contributed by atoms with Gasteiger partial charge in [-0.3, -0.25) is 14.2 Å². The third-order valence-corrected chi connectivity index (χ3v) is 5.02. The van der Waals surface area contributed by atoms with E-state index in [1.165, 1.54) is 4.57 Å². The second-order valence-electron chi connectivity index (χ2n) is 6.90. The number of halogens is 1. The molecule has 0 bridgehead atoms. The zero-order chi connectivity index (χ0) is 21.8. The minimum atomic E-state index is -0.482. The third kappa shape index (κ3) is 4.59. The van der Waals surface area contributed by atoms with Gasteiger partial charge in [-0.2, -0.15) is 0 Å². The van der Waals surface area contributed by atoms with Gasteiger partial charge in [-0.05, 0) is 67.1 Å². The third-order valence-electron chi connectivity index (χ3n) is 4.77. The number of fused-ring (bicyclic) bond motifs is 1. The van der Waals surface area contributed by atoms with Crippen LogP contribution in [0, 0.1) is 0 Å². The highest BCUT2D eigenvalue weighted by Gasteiger charge is 2.17. The fourth-order valence-electron chi connectivity index (χ4n) is 3.29. The number of hydrogen-bond donors (Lipinski definition) is 1. The first-order valence-corrected chi connectivity index (χ1v) is 10.2. The van der Waals surface area contributed by atoms with Crippen LogP contribution in [0.2, 0.25) is 5.02 Å². The number of carbonyl (C=O) groups excluding carboxylic acids is 1. The van der Waals surface area contributed by atoms with Crippen LogP contribution >= 0.6 is 11.6 Å². The molecular formula is C24H20ClN3O3. The first kappa shape index (κ1) is 20.6. The van der Waals surface area contributed by atoms with Crippen LogP contribution in [0.4, 0.5) is 5.69 Å². The molecule has 0 fully saturated rings. The molecule has 1 amide bonds. The van der Waals surface area contributed by atoms with Gasteiger partial charge in [-0.1, -0.05) is 23.7 Å². The van der Waals surface area contributed by atoms with Crippen LogP contribution < -0.4 is 15.6 Å². The summed E-state index contributed by atoms with van der Waals surface area (Å²) in [6.45, 7) is 2.73. The van der Waals surface area contributed by atoms with Crippen molar-refractivity contribution in [1.29, 1.82) is 0 Å². The number of nitrogens with one attached hydrogen (secondary N) is 1. The van der Waals surface area contributed by atoms with Crippen molar-refractivity contribution in [2.45, 2.75) is 13.5 Å². The van der Waals surface area contributed by atoms with E-state index in [0.717, 1.165) is 5.56 Å². The quantitative estimate of drug-likeness (QED) is 0.476. The number of ether oxygens (including phenoxy) is 1. The van der Waals surface area contributed by atoms with Gasteiger partial charge in [-0.25, -0.2) is 4.98 Å². The van der Waals surface area contributed by atoms with Crippen molar-refractivity contribution in [1.82, 2.24) is 9.55 Å². The van der Waals surface area contributed by atoms with E-state index in [4.69, 9.17) is 16.3 Å². The van der Waals surface area contributed by atoms with Crippen molar-refractivity contribution < 1.29 is 9.53 Å². The Hall–Kier alpha value is -3.64. The van der Waals surface area contributed by atoms with E-state index < -0.39 is 11.5 Å². The maximum Gasteiger partial charge on any atom is 0.265 e. The van der Waals surface area contributed by atoms with Crippen molar-refractivity contribution in [3.05, 3.63) is 99.4 Å². The van der Waals surface area contributed by atoms with Gasteiger partial charge in [0.15, 0.2) is 0 Å². The van der Waals surface area contributed by atoms with Gasteiger partial charge < -0.3 is 10.1 Å². The number of rotatable bonds is 6. The van der Waals surface area contributed by atoms with Crippen LogP contribution in [-0.4, -0.2) is 22.1 Å². The van der Waals surface area contributed by atoms with E-state index in [1.54, 1.807) is 54.7 Å². The molecule has 156 valence electrons. The molecule has 0 aliphatic rings. The molecule has 2 heterocycles. The second kappa shape index (κ2) is 9.02. The number of pyridine rings is 2. The lowest BCUT2D eigenvalue weighted by Crippen LogP contribution is -2.30. The molecule has 2 aromatic carbocycles. The van der Waals surface area contributed by atoms with Crippen LogP contribution in [0.15, 0.2) is 77.7 Å². The van der Waals surface area contributed by atoms with Gasteiger partial charge in [0.2, 0.25) is 0 Å². The Morgan fingerprint density at radius 1 is 1.10 bits per heavy atom. The summed E-state index contributed by atoms with van der Waals surface area (Å²) in [5, 5.41) is 4.10. The Kier molecular flexibility index (Phi) is 6.00. The number of nitrogens with zero attached hydrogens (tertiary/aromatic N) is 2. The summed E-state index contributed by atoms with van der Waals surface area (Å²) in [6.07, 6.45) is 1.62. The van der Waals surface area contributed by atoms with Crippen molar-refractivity contribution in [2.24, 2.45) is 0 Å². The predicted molar refractivity (Wildman–Crippen MR) is 122 cm³/mol. The Morgan fingerprint density at radius 3 is 2.55 bits per heavy atom. The minimum Gasteiger partial charge on any atom is -0.494 e. The first-order chi connectivity index (χ1) is 15.0. The normalized spacial score (nSPS) is 10.8. The summed E-state index contributed by atoms with van der Waals surface area (Å²) in [5.41, 5.74) is 1.60. The highest BCUT2D eigenvalue weighted by molar-refractivity contribution is 6.30. The average Bonchev–Trinajstić information content (AvgIpc) is 2.78. The second-order valence-corrected chi connectivity index (χ2v) is 7.34. The summed E-state index contributed by atoms with van der Waals surface area (Å²) in [6, 6.07) is 19.4. The topological polar surface area (TPSA) is 73.2 Å². The van der Waals surface area contributed by atoms with E-state index in [1.807, 2.05) is 25.1 Å². The SMILES string of the molecule is CCOc1ccc(NC(=O)c2cc3cccnc3n(Cc3ccc(Cl)cc3)c2=O)cc1.